The molecule has 0 aromatic heterocycles. The van der Waals surface area contributed by atoms with E-state index in [0.29, 0.717) is 22.1 Å². The average Bonchev–Trinajstić information content (AvgIpc) is 2.46. The van der Waals surface area contributed by atoms with E-state index in [-0.39, 0.29) is 5.78 Å². The van der Waals surface area contributed by atoms with E-state index in [4.69, 9.17) is 16.3 Å². The standard InChI is InChI=1S/C16H15ClO2S/c1-11-7-8-15(19-2)12(9-11)14(18)10-20-16-6-4-3-5-13(16)17/h3-9H,10H2,1-2H3. The van der Waals surface area contributed by atoms with Crippen molar-refractivity contribution in [3.05, 3.63) is 58.6 Å². The normalized spacial score (nSPS) is 10.3. The fraction of sp³-hybridized carbons (Fsp3) is 0.188. The first-order chi connectivity index (χ1) is 9.61. The molecule has 2 aromatic rings. The van der Waals surface area contributed by atoms with E-state index in [0.717, 1.165) is 10.5 Å². The Morgan fingerprint density at radius 2 is 2.00 bits per heavy atom. The Kier molecular flexibility index (Phi) is 5.10. The molecule has 2 rings (SSSR count). The number of carbonyl (C=O) groups excluding carboxylic acids is 1. The van der Waals surface area contributed by atoms with Crippen LogP contribution in [-0.4, -0.2) is 18.6 Å². The third kappa shape index (κ3) is 3.56. The van der Waals surface area contributed by atoms with Crippen LogP contribution in [0.25, 0.3) is 0 Å². The van der Waals surface area contributed by atoms with Crippen molar-refractivity contribution in [2.45, 2.75) is 11.8 Å². The molecule has 0 spiro atoms. The number of carbonyl (C=O) groups is 1. The summed E-state index contributed by atoms with van der Waals surface area (Å²) < 4.78 is 5.24. The van der Waals surface area contributed by atoms with Gasteiger partial charge < -0.3 is 4.74 Å². The number of halogens is 1. The van der Waals surface area contributed by atoms with E-state index in [1.54, 1.807) is 7.11 Å². The Morgan fingerprint density at radius 3 is 2.70 bits per heavy atom. The fourth-order valence-electron chi connectivity index (χ4n) is 1.82. The van der Waals surface area contributed by atoms with Gasteiger partial charge in [0.25, 0.3) is 0 Å². The first kappa shape index (κ1) is 14.9. The summed E-state index contributed by atoms with van der Waals surface area (Å²) in [6.45, 7) is 1.96. The van der Waals surface area contributed by atoms with Gasteiger partial charge in [-0.25, -0.2) is 0 Å². The number of methoxy groups -OCH3 is 1. The average molecular weight is 307 g/mol. The smallest absolute Gasteiger partial charge is 0.176 e. The summed E-state index contributed by atoms with van der Waals surface area (Å²) >= 11 is 7.52. The van der Waals surface area contributed by atoms with Gasteiger partial charge in [0, 0.05) is 4.90 Å². The van der Waals surface area contributed by atoms with E-state index in [2.05, 4.69) is 0 Å². The predicted octanol–water partition coefficient (Wildman–Crippen LogP) is 4.63. The number of hydrogen-bond donors (Lipinski definition) is 0. The second-order valence-corrected chi connectivity index (χ2v) is 5.77. The number of hydrogen-bond acceptors (Lipinski definition) is 3. The molecule has 0 saturated carbocycles. The van der Waals surface area contributed by atoms with E-state index in [1.807, 2.05) is 49.4 Å². The van der Waals surface area contributed by atoms with Gasteiger partial charge >= 0.3 is 0 Å². The molecule has 104 valence electrons. The van der Waals surface area contributed by atoms with Crippen LogP contribution >= 0.6 is 23.4 Å². The molecule has 0 bridgehead atoms. The predicted molar refractivity (Wildman–Crippen MR) is 84.2 cm³/mol. The molecule has 2 aromatic carbocycles. The van der Waals surface area contributed by atoms with Gasteiger partial charge in [0.15, 0.2) is 5.78 Å². The van der Waals surface area contributed by atoms with Crippen molar-refractivity contribution in [3.8, 4) is 5.75 Å². The molecule has 4 heteroatoms. The number of thioether (sulfide) groups is 1. The van der Waals surface area contributed by atoms with Gasteiger partial charge in [-0.05, 0) is 31.2 Å². The number of benzene rings is 2. The molecular formula is C16H15ClO2S. The maximum absolute atomic E-state index is 12.3. The van der Waals surface area contributed by atoms with Gasteiger partial charge in [0.2, 0.25) is 0 Å². The summed E-state index contributed by atoms with van der Waals surface area (Å²) in [4.78, 5) is 13.2. The number of ether oxygens (including phenoxy) is 1. The summed E-state index contributed by atoms with van der Waals surface area (Å²) in [5.74, 6) is 0.986. The number of ketones is 1. The van der Waals surface area contributed by atoms with Gasteiger partial charge in [0.1, 0.15) is 5.75 Å². The molecule has 0 aliphatic heterocycles. The maximum Gasteiger partial charge on any atom is 0.176 e. The topological polar surface area (TPSA) is 26.3 Å². The van der Waals surface area contributed by atoms with Gasteiger partial charge in [-0.2, -0.15) is 0 Å². The zero-order valence-electron chi connectivity index (χ0n) is 11.4. The third-order valence-electron chi connectivity index (χ3n) is 2.85. The Balaban J connectivity index is 2.13. The lowest BCUT2D eigenvalue weighted by molar-refractivity contribution is 0.101. The quantitative estimate of drug-likeness (QED) is 0.595. The molecule has 0 amide bonds. The first-order valence-corrected chi connectivity index (χ1v) is 7.53. The van der Waals surface area contributed by atoms with Crippen LogP contribution in [-0.2, 0) is 0 Å². The van der Waals surface area contributed by atoms with Crippen LogP contribution in [0.3, 0.4) is 0 Å². The van der Waals surface area contributed by atoms with Gasteiger partial charge in [-0.15, -0.1) is 11.8 Å². The van der Waals surface area contributed by atoms with Crippen LogP contribution in [0.4, 0.5) is 0 Å². The Morgan fingerprint density at radius 1 is 1.25 bits per heavy atom. The molecular weight excluding hydrogens is 292 g/mol. The van der Waals surface area contributed by atoms with Crippen LogP contribution in [0.1, 0.15) is 15.9 Å². The molecule has 0 N–H and O–H groups in total. The van der Waals surface area contributed by atoms with Crippen molar-refractivity contribution < 1.29 is 9.53 Å². The summed E-state index contributed by atoms with van der Waals surface area (Å²) in [5, 5.41) is 0.668. The minimum absolute atomic E-state index is 0.0375. The summed E-state index contributed by atoms with van der Waals surface area (Å²) in [6, 6.07) is 13.1. The van der Waals surface area contributed by atoms with Gasteiger partial charge in [-0.1, -0.05) is 35.4 Å². The Labute approximate surface area is 128 Å². The molecule has 0 aliphatic carbocycles. The Hall–Kier alpha value is -1.45. The molecule has 0 aliphatic rings. The van der Waals surface area contributed by atoms with Crippen LogP contribution in [0.15, 0.2) is 47.4 Å². The monoisotopic (exact) mass is 306 g/mol. The number of rotatable bonds is 5. The van der Waals surface area contributed by atoms with Crippen molar-refractivity contribution >= 4 is 29.1 Å². The molecule has 0 radical (unpaired) electrons. The minimum atomic E-state index is 0.0375. The van der Waals surface area contributed by atoms with E-state index in [9.17, 15) is 4.79 Å². The highest BCUT2D eigenvalue weighted by molar-refractivity contribution is 8.00. The fourth-order valence-corrected chi connectivity index (χ4v) is 2.94. The zero-order valence-corrected chi connectivity index (χ0v) is 12.9. The van der Waals surface area contributed by atoms with Crippen LogP contribution in [0.5, 0.6) is 5.75 Å². The lowest BCUT2D eigenvalue weighted by atomic mass is 10.1. The van der Waals surface area contributed by atoms with E-state index >= 15 is 0 Å². The highest BCUT2D eigenvalue weighted by Crippen LogP contribution is 2.28. The molecule has 0 saturated heterocycles. The van der Waals surface area contributed by atoms with Crippen molar-refractivity contribution in [1.29, 1.82) is 0 Å². The molecule has 0 heterocycles. The summed E-state index contributed by atoms with van der Waals surface area (Å²) in [5.41, 5.74) is 1.66. The number of Topliss-reactive ketones (excluding diaryl/α,β-unsaturated/α-hetero) is 1. The molecule has 2 nitrogen and oxygen atoms in total. The highest BCUT2D eigenvalue weighted by atomic mass is 35.5. The second-order valence-electron chi connectivity index (χ2n) is 4.35. The van der Waals surface area contributed by atoms with Crippen LogP contribution in [0.2, 0.25) is 5.02 Å². The summed E-state index contributed by atoms with van der Waals surface area (Å²) in [6.07, 6.45) is 0. The van der Waals surface area contributed by atoms with Crippen LogP contribution < -0.4 is 4.74 Å². The number of aryl methyl sites for hydroxylation is 1. The van der Waals surface area contributed by atoms with Crippen LogP contribution in [0, 0.1) is 6.92 Å². The van der Waals surface area contributed by atoms with Crippen molar-refractivity contribution in [1.82, 2.24) is 0 Å². The minimum Gasteiger partial charge on any atom is -0.496 e. The van der Waals surface area contributed by atoms with Gasteiger partial charge in [-0.3, -0.25) is 4.79 Å². The van der Waals surface area contributed by atoms with Crippen molar-refractivity contribution in [3.63, 3.8) is 0 Å². The first-order valence-electron chi connectivity index (χ1n) is 6.17. The highest BCUT2D eigenvalue weighted by Gasteiger charge is 2.13. The van der Waals surface area contributed by atoms with Crippen molar-refractivity contribution in [2.75, 3.05) is 12.9 Å². The third-order valence-corrected chi connectivity index (χ3v) is 4.37. The SMILES string of the molecule is COc1ccc(C)cc1C(=O)CSc1ccccc1Cl. The van der Waals surface area contributed by atoms with Crippen molar-refractivity contribution in [2.24, 2.45) is 0 Å². The second kappa shape index (κ2) is 6.82. The molecule has 0 fully saturated rings. The summed E-state index contributed by atoms with van der Waals surface area (Å²) in [7, 11) is 1.57. The largest absolute Gasteiger partial charge is 0.496 e. The maximum atomic E-state index is 12.3. The Bertz CT molecular complexity index is 626. The zero-order chi connectivity index (χ0) is 14.5. The lowest BCUT2D eigenvalue weighted by Crippen LogP contribution is -2.05. The lowest BCUT2D eigenvalue weighted by Gasteiger charge is -2.09. The van der Waals surface area contributed by atoms with Gasteiger partial charge in [0.05, 0.1) is 23.4 Å². The van der Waals surface area contributed by atoms with E-state index < -0.39 is 0 Å². The molecule has 0 unspecified atom stereocenters. The molecule has 0 atom stereocenters. The molecule has 20 heavy (non-hydrogen) atoms. The van der Waals surface area contributed by atoms with E-state index in [1.165, 1.54) is 11.8 Å².